The summed E-state index contributed by atoms with van der Waals surface area (Å²) in [6.07, 6.45) is 1.62. The van der Waals surface area contributed by atoms with Crippen molar-refractivity contribution in [3.8, 4) is 0 Å². The van der Waals surface area contributed by atoms with Crippen LogP contribution in [0.1, 0.15) is 21.6 Å². The number of aromatic nitrogens is 2. The first-order valence-corrected chi connectivity index (χ1v) is 6.13. The zero-order valence-corrected chi connectivity index (χ0v) is 11.2. The van der Waals surface area contributed by atoms with E-state index in [0.29, 0.717) is 18.8 Å². The Morgan fingerprint density at radius 1 is 1.26 bits per heavy atom. The molecule has 0 spiro atoms. The largest absolute Gasteiger partial charge is 0.336 e. The number of amides is 1. The minimum absolute atomic E-state index is 0.0390. The molecule has 0 unspecified atom stereocenters. The highest BCUT2D eigenvalue weighted by Gasteiger charge is 2.15. The number of hydrogen-bond donors (Lipinski definition) is 1. The molecular weight excluding hydrogens is 240 g/mol. The number of carbonyl (C=O) groups excluding carboxylic acids is 1. The number of carbonyl (C=O) groups is 1. The van der Waals surface area contributed by atoms with Crippen molar-refractivity contribution in [3.63, 3.8) is 0 Å². The molecule has 5 nitrogen and oxygen atoms in total. The fraction of sp³-hybridized carbons (Fsp3) is 0.286. The molecule has 1 aromatic carbocycles. The van der Waals surface area contributed by atoms with Crippen molar-refractivity contribution in [1.29, 1.82) is 0 Å². The molecular formula is C14H18N4O. The van der Waals surface area contributed by atoms with E-state index in [0.717, 1.165) is 11.1 Å². The second-order valence-electron chi connectivity index (χ2n) is 4.52. The van der Waals surface area contributed by atoms with Crippen LogP contribution in [-0.2, 0) is 20.1 Å². The Hall–Kier alpha value is -2.14. The second-order valence-corrected chi connectivity index (χ2v) is 4.52. The molecule has 0 aliphatic rings. The van der Waals surface area contributed by atoms with Gasteiger partial charge < -0.3 is 10.6 Å². The fourth-order valence-electron chi connectivity index (χ4n) is 1.91. The highest BCUT2D eigenvalue weighted by atomic mass is 16.2. The lowest BCUT2D eigenvalue weighted by atomic mass is 10.1. The third kappa shape index (κ3) is 3.00. The van der Waals surface area contributed by atoms with E-state index in [1.165, 1.54) is 0 Å². The number of hydrogen-bond acceptors (Lipinski definition) is 3. The van der Waals surface area contributed by atoms with Crippen LogP contribution >= 0.6 is 0 Å². The van der Waals surface area contributed by atoms with Crippen molar-refractivity contribution in [2.75, 3.05) is 7.05 Å². The van der Waals surface area contributed by atoms with Gasteiger partial charge in [0.2, 0.25) is 0 Å². The predicted molar refractivity (Wildman–Crippen MR) is 73.3 cm³/mol. The van der Waals surface area contributed by atoms with Crippen LogP contribution in [0.5, 0.6) is 0 Å². The Balaban J connectivity index is 2.06. The first-order valence-electron chi connectivity index (χ1n) is 6.13. The summed E-state index contributed by atoms with van der Waals surface area (Å²) < 4.78 is 1.58. The Bertz CT molecular complexity index is 559. The van der Waals surface area contributed by atoms with Gasteiger partial charge in [-0.25, -0.2) is 0 Å². The van der Waals surface area contributed by atoms with Crippen LogP contribution in [0.25, 0.3) is 0 Å². The summed E-state index contributed by atoms with van der Waals surface area (Å²) in [5, 5.41) is 4.01. The number of nitrogens with zero attached hydrogens (tertiary/aromatic N) is 3. The zero-order chi connectivity index (χ0) is 13.8. The molecule has 5 heteroatoms. The van der Waals surface area contributed by atoms with Gasteiger partial charge >= 0.3 is 0 Å². The standard InChI is InChI=1S/C14H18N4O/c1-17(14(19)13-7-8-16-18(13)2)10-12-5-3-11(9-15)4-6-12/h3-8H,9-10,15H2,1-2H3. The van der Waals surface area contributed by atoms with Gasteiger partial charge in [-0.2, -0.15) is 5.10 Å². The molecule has 2 N–H and O–H groups in total. The number of aryl methyl sites for hydroxylation is 1. The van der Waals surface area contributed by atoms with E-state index in [2.05, 4.69) is 5.10 Å². The summed E-state index contributed by atoms with van der Waals surface area (Å²) in [6, 6.07) is 9.68. The van der Waals surface area contributed by atoms with Gasteiger partial charge in [-0.05, 0) is 17.2 Å². The molecule has 0 aliphatic carbocycles. The van der Waals surface area contributed by atoms with Crippen molar-refractivity contribution in [2.45, 2.75) is 13.1 Å². The van der Waals surface area contributed by atoms with Crippen molar-refractivity contribution in [2.24, 2.45) is 12.8 Å². The van der Waals surface area contributed by atoms with Gasteiger partial charge in [-0.15, -0.1) is 0 Å². The lowest BCUT2D eigenvalue weighted by Crippen LogP contribution is -2.28. The zero-order valence-electron chi connectivity index (χ0n) is 11.2. The summed E-state index contributed by atoms with van der Waals surface area (Å²) in [5.74, 6) is -0.0390. The molecule has 1 amide bonds. The van der Waals surface area contributed by atoms with Crippen LogP contribution in [-0.4, -0.2) is 27.6 Å². The molecule has 0 saturated carbocycles. The van der Waals surface area contributed by atoms with Crippen molar-refractivity contribution in [1.82, 2.24) is 14.7 Å². The quantitative estimate of drug-likeness (QED) is 0.894. The monoisotopic (exact) mass is 258 g/mol. The Kier molecular flexibility index (Phi) is 3.97. The summed E-state index contributed by atoms with van der Waals surface area (Å²) in [4.78, 5) is 13.9. The van der Waals surface area contributed by atoms with E-state index in [1.54, 1.807) is 35.9 Å². The summed E-state index contributed by atoms with van der Waals surface area (Å²) >= 11 is 0. The third-order valence-corrected chi connectivity index (χ3v) is 3.07. The Morgan fingerprint density at radius 2 is 1.89 bits per heavy atom. The fourth-order valence-corrected chi connectivity index (χ4v) is 1.91. The number of nitrogens with two attached hydrogens (primary N) is 1. The molecule has 19 heavy (non-hydrogen) atoms. The third-order valence-electron chi connectivity index (χ3n) is 3.07. The van der Waals surface area contributed by atoms with E-state index in [4.69, 9.17) is 5.73 Å². The van der Waals surface area contributed by atoms with E-state index in [1.807, 2.05) is 24.3 Å². The summed E-state index contributed by atoms with van der Waals surface area (Å²) in [7, 11) is 3.54. The molecule has 0 radical (unpaired) electrons. The van der Waals surface area contributed by atoms with Gasteiger partial charge in [0.1, 0.15) is 5.69 Å². The van der Waals surface area contributed by atoms with E-state index in [9.17, 15) is 4.79 Å². The van der Waals surface area contributed by atoms with E-state index < -0.39 is 0 Å². The summed E-state index contributed by atoms with van der Waals surface area (Å²) in [6.45, 7) is 1.10. The van der Waals surface area contributed by atoms with Crippen LogP contribution in [0, 0.1) is 0 Å². The van der Waals surface area contributed by atoms with E-state index in [-0.39, 0.29) is 5.91 Å². The van der Waals surface area contributed by atoms with Crippen LogP contribution in [0.3, 0.4) is 0 Å². The highest BCUT2D eigenvalue weighted by molar-refractivity contribution is 5.92. The minimum Gasteiger partial charge on any atom is -0.336 e. The van der Waals surface area contributed by atoms with E-state index >= 15 is 0 Å². The lowest BCUT2D eigenvalue weighted by molar-refractivity contribution is 0.0774. The molecule has 2 aromatic rings. The van der Waals surface area contributed by atoms with Gasteiger partial charge in [0.15, 0.2) is 0 Å². The van der Waals surface area contributed by atoms with Crippen molar-refractivity contribution in [3.05, 3.63) is 53.3 Å². The number of rotatable bonds is 4. The molecule has 0 bridgehead atoms. The average molecular weight is 258 g/mol. The Morgan fingerprint density at radius 3 is 2.42 bits per heavy atom. The Labute approximate surface area is 112 Å². The molecule has 0 saturated heterocycles. The van der Waals surface area contributed by atoms with Gasteiger partial charge in [0, 0.05) is 33.4 Å². The molecule has 100 valence electrons. The van der Waals surface area contributed by atoms with Gasteiger partial charge in [-0.1, -0.05) is 24.3 Å². The minimum atomic E-state index is -0.0390. The second kappa shape index (κ2) is 5.67. The highest BCUT2D eigenvalue weighted by Crippen LogP contribution is 2.09. The van der Waals surface area contributed by atoms with Gasteiger partial charge in [0.25, 0.3) is 5.91 Å². The van der Waals surface area contributed by atoms with Crippen molar-refractivity contribution >= 4 is 5.91 Å². The molecule has 0 fully saturated rings. The first-order chi connectivity index (χ1) is 9.11. The molecule has 0 atom stereocenters. The maximum atomic E-state index is 12.2. The normalized spacial score (nSPS) is 10.5. The molecule has 1 heterocycles. The van der Waals surface area contributed by atoms with Gasteiger partial charge in [-0.3, -0.25) is 9.48 Å². The number of benzene rings is 1. The maximum absolute atomic E-state index is 12.2. The maximum Gasteiger partial charge on any atom is 0.272 e. The predicted octanol–water partition coefficient (Wildman–Crippen LogP) is 1.15. The molecule has 1 aromatic heterocycles. The topological polar surface area (TPSA) is 64.2 Å². The van der Waals surface area contributed by atoms with Crippen LogP contribution < -0.4 is 5.73 Å². The van der Waals surface area contributed by atoms with Crippen LogP contribution in [0.4, 0.5) is 0 Å². The summed E-state index contributed by atoms with van der Waals surface area (Å²) in [5.41, 5.74) is 8.31. The van der Waals surface area contributed by atoms with Crippen LogP contribution in [0.15, 0.2) is 36.5 Å². The first kappa shape index (κ1) is 13.3. The average Bonchev–Trinajstić information content (AvgIpc) is 2.85. The molecule has 2 rings (SSSR count). The lowest BCUT2D eigenvalue weighted by Gasteiger charge is -2.17. The molecule has 0 aliphatic heterocycles. The smallest absolute Gasteiger partial charge is 0.272 e. The van der Waals surface area contributed by atoms with Gasteiger partial charge in [0.05, 0.1) is 0 Å². The van der Waals surface area contributed by atoms with Crippen molar-refractivity contribution < 1.29 is 4.79 Å². The van der Waals surface area contributed by atoms with Crippen LogP contribution in [0.2, 0.25) is 0 Å². The SMILES string of the molecule is CN(Cc1ccc(CN)cc1)C(=O)c1ccnn1C.